The fourth-order valence-electron chi connectivity index (χ4n) is 1.34. The van der Waals surface area contributed by atoms with Gasteiger partial charge in [0.2, 0.25) is 0 Å². The molecule has 0 radical (unpaired) electrons. The van der Waals surface area contributed by atoms with Gasteiger partial charge in [0.05, 0.1) is 0 Å². The summed E-state index contributed by atoms with van der Waals surface area (Å²) in [5, 5.41) is 0. The fraction of sp³-hybridized carbons (Fsp3) is 0.455. The van der Waals surface area contributed by atoms with Gasteiger partial charge in [0, 0.05) is 0 Å². The lowest BCUT2D eigenvalue weighted by Crippen LogP contribution is -1.99. The van der Waals surface area contributed by atoms with Gasteiger partial charge in [-0.25, -0.2) is 4.39 Å². The van der Waals surface area contributed by atoms with Crippen LogP contribution in [-0.2, 0) is 13.1 Å². The first-order valence-electron chi connectivity index (χ1n) is 4.70. The smallest absolute Gasteiger partial charge is 0.115 e. The zero-order valence-corrected chi connectivity index (χ0v) is 7.80. The Morgan fingerprint density at radius 3 is 2.62 bits per heavy atom. The number of nitrogens with two attached hydrogens (primary N) is 1. The van der Waals surface area contributed by atoms with Gasteiger partial charge in [-0.15, -0.1) is 0 Å². The van der Waals surface area contributed by atoms with Crippen LogP contribution >= 0.6 is 0 Å². The topological polar surface area (TPSA) is 26.0 Å². The highest BCUT2D eigenvalue weighted by Gasteiger charge is 1.95. The summed E-state index contributed by atoms with van der Waals surface area (Å²) in [6.07, 6.45) is 3.14. The summed E-state index contributed by atoms with van der Waals surface area (Å²) in [5.41, 5.74) is 7.37. The second-order valence-electron chi connectivity index (χ2n) is 3.20. The first-order chi connectivity index (χ1) is 6.36. The highest BCUT2D eigenvalue weighted by Crippen LogP contribution is 2.09. The summed E-state index contributed by atoms with van der Waals surface area (Å²) in [7, 11) is 0. The lowest BCUT2D eigenvalue weighted by Gasteiger charge is -2.01. The predicted molar refractivity (Wildman–Crippen MR) is 53.2 cm³/mol. The van der Waals surface area contributed by atoms with Gasteiger partial charge in [-0.1, -0.05) is 24.3 Å². The van der Waals surface area contributed by atoms with Crippen LogP contribution < -0.4 is 5.73 Å². The molecule has 0 aliphatic carbocycles. The van der Waals surface area contributed by atoms with Crippen molar-refractivity contribution < 1.29 is 4.39 Å². The molecular weight excluding hydrogens is 165 g/mol. The van der Waals surface area contributed by atoms with Crippen molar-refractivity contribution in [3.05, 3.63) is 35.4 Å². The van der Waals surface area contributed by atoms with Crippen LogP contribution in [0, 0.1) is 0 Å². The fourth-order valence-corrected chi connectivity index (χ4v) is 1.34. The summed E-state index contributed by atoms with van der Waals surface area (Å²) in [4.78, 5) is 0. The highest BCUT2D eigenvalue weighted by molar-refractivity contribution is 5.22. The zero-order valence-electron chi connectivity index (χ0n) is 7.80. The number of hydrogen-bond acceptors (Lipinski definition) is 1. The molecule has 1 nitrogen and oxygen atoms in total. The van der Waals surface area contributed by atoms with Crippen molar-refractivity contribution in [2.24, 2.45) is 5.73 Å². The molecule has 1 aromatic rings. The first kappa shape index (κ1) is 10.2. The van der Waals surface area contributed by atoms with Gasteiger partial charge in [0.25, 0.3) is 0 Å². The van der Waals surface area contributed by atoms with Gasteiger partial charge < -0.3 is 5.73 Å². The van der Waals surface area contributed by atoms with Crippen LogP contribution in [0.3, 0.4) is 0 Å². The lowest BCUT2D eigenvalue weighted by atomic mass is 10.1. The Hall–Kier alpha value is -0.890. The number of hydrogen-bond donors (Lipinski definition) is 1. The Balaban J connectivity index is 2.46. The normalized spacial score (nSPS) is 10.3. The van der Waals surface area contributed by atoms with Crippen LogP contribution in [0.1, 0.15) is 24.0 Å². The average molecular weight is 181 g/mol. The molecule has 2 N–H and O–H groups in total. The van der Waals surface area contributed by atoms with Crippen molar-refractivity contribution in [1.29, 1.82) is 0 Å². The van der Waals surface area contributed by atoms with Crippen molar-refractivity contribution in [3.8, 4) is 0 Å². The molecule has 0 bridgehead atoms. The minimum atomic E-state index is -0.370. The summed E-state index contributed by atoms with van der Waals surface area (Å²) in [6, 6.07) is 7.69. The van der Waals surface area contributed by atoms with Gasteiger partial charge >= 0.3 is 0 Å². The maximum Gasteiger partial charge on any atom is 0.115 e. The van der Waals surface area contributed by atoms with Crippen LogP contribution in [0.5, 0.6) is 0 Å². The Morgan fingerprint density at radius 2 is 1.92 bits per heavy atom. The van der Waals surface area contributed by atoms with Crippen molar-refractivity contribution in [2.75, 3.05) is 6.54 Å². The summed E-state index contributed by atoms with van der Waals surface area (Å²) < 4.78 is 12.3. The molecule has 1 rings (SSSR count). The van der Waals surface area contributed by atoms with E-state index in [0.29, 0.717) is 0 Å². The summed E-state index contributed by atoms with van der Waals surface area (Å²) >= 11 is 0. The molecule has 0 amide bonds. The molecular formula is C11H16FN. The Labute approximate surface area is 78.8 Å². The van der Waals surface area contributed by atoms with E-state index in [-0.39, 0.29) is 6.67 Å². The van der Waals surface area contributed by atoms with E-state index in [9.17, 15) is 4.39 Å². The van der Waals surface area contributed by atoms with E-state index >= 15 is 0 Å². The molecule has 1 aromatic carbocycles. The zero-order chi connectivity index (χ0) is 9.52. The number of alkyl halides is 1. The Bertz CT molecular complexity index is 248. The largest absolute Gasteiger partial charge is 0.330 e. The number of benzene rings is 1. The molecule has 0 fully saturated rings. The Morgan fingerprint density at radius 1 is 1.15 bits per heavy atom. The van der Waals surface area contributed by atoms with Crippen LogP contribution in [0.2, 0.25) is 0 Å². The molecule has 0 saturated carbocycles. The third-order valence-electron chi connectivity index (χ3n) is 2.07. The van der Waals surface area contributed by atoms with Gasteiger partial charge in [0.15, 0.2) is 0 Å². The number of aryl methyl sites for hydroxylation is 1. The maximum absolute atomic E-state index is 12.3. The van der Waals surface area contributed by atoms with Gasteiger partial charge in [-0.3, -0.25) is 0 Å². The molecule has 0 atom stereocenters. The van der Waals surface area contributed by atoms with Gasteiger partial charge in [-0.2, -0.15) is 0 Å². The van der Waals surface area contributed by atoms with Crippen molar-refractivity contribution >= 4 is 0 Å². The van der Waals surface area contributed by atoms with Crippen LogP contribution in [-0.4, -0.2) is 6.54 Å². The lowest BCUT2D eigenvalue weighted by molar-refractivity contribution is 0.485. The molecule has 0 aliphatic rings. The maximum atomic E-state index is 12.3. The first-order valence-corrected chi connectivity index (χ1v) is 4.70. The monoisotopic (exact) mass is 181 g/mol. The number of unbranched alkanes of at least 4 members (excludes halogenated alkanes) is 1. The van der Waals surface area contributed by atoms with Crippen molar-refractivity contribution in [3.63, 3.8) is 0 Å². The second kappa shape index (κ2) is 5.70. The minimum Gasteiger partial charge on any atom is -0.330 e. The van der Waals surface area contributed by atoms with E-state index in [2.05, 4.69) is 0 Å². The molecule has 2 heteroatoms. The quantitative estimate of drug-likeness (QED) is 0.694. The van der Waals surface area contributed by atoms with E-state index in [1.54, 1.807) is 0 Å². The Kier molecular flexibility index (Phi) is 4.47. The van der Waals surface area contributed by atoms with E-state index in [4.69, 9.17) is 5.73 Å². The average Bonchev–Trinajstić information content (AvgIpc) is 2.19. The molecule has 0 aliphatic heterocycles. The number of rotatable bonds is 5. The van der Waals surface area contributed by atoms with Crippen molar-refractivity contribution in [2.45, 2.75) is 25.9 Å². The summed E-state index contributed by atoms with van der Waals surface area (Å²) in [6.45, 7) is 0.369. The number of halogens is 1. The molecule has 0 spiro atoms. The van der Waals surface area contributed by atoms with E-state index in [0.717, 1.165) is 31.4 Å². The molecule has 0 unspecified atom stereocenters. The van der Waals surface area contributed by atoms with Gasteiger partial charge in [0.1, 0.15) is 6.67 Å². The van der Waals surface area contributed by atoms with E-state index in [1.165, 1.54) is 5.56 Å². The predicted octanol–water partition coefficient (Wildman–Crippen LogP) is 2.44. The highest BCUT2D eigenvalue weighted by atomic mass is 19.1. The van der Waals surface area contributed by atoms with Crippen molar-refractivity contribution in [1.82, 2.24) is 0 Å². The van der Waals surface area contributed by atoms with Crippen LogP contribution in [0.25, 0.3) is 0 Å². The SMILES string of the molecule is NCCCCc1cccc(CF)c1. The second-order valence-corrected chi connectivity index (χ2v) is 3.20. The third-order valence-corrected chi connectivity index (χ3v) is 2.07. The molecule has 72 valence electrons. The van der Waals surface area contributed by atoms with Gasteiger partial charge in [-0.05, 0) is 36.9 Å². The summed E-state index contributed by atoms with van der Waals surface area (Å²) in [5.74, 6) is 0. The van der Waals surface area contributed by atoms with Crippen LogP contribution in [0.4, 0.5) is 4.39 Å². The van der Waals surface area contributed by atoms with E-state index < -0.39 is 0 Å². The van der Waals surface area contributed by atoms with Crippen LogP contribution in [0.15, 0.2) is 24.3 Å². The van der Waals surface area contributed by atoms with E-state index in [1.807, 2.05) is 24.3 Å². The third kappa shape index (κ3) is 3.55. The molecule has 0 saturated heterocycles. The molecule has 0 aromatic heterocycles. The minimum absolute atomic E-state index is 0.370. The standard InChI is InChI=1S/C11H16FN/c12-9-11-6-3-5-10(8-11)4-1-2-7-13/h3,5-6,8H,1-2,4,7,9,13H2. The molecule has 0 heterocycles. The molecule has 13 heavy (non-hydrogen) atoms.